The first-order chi connectivity index (χ1) is 12.0. The van der Waals surface area contributed by atoms with Gasteiger partial charge in [0.25, 0.3) is 0 Å². The van der Waals surface area contributed by atoms with E-state index in [1.54, 1.807) is 0 Å². The van der Waals surface area contributed by atoms with E-state index in [1.165, 1.54) is 77.7 Å². The Balaban J connectivity index is 1.59. The summed E-state index contributed by atoms with van der Waals surface area (Å²) in [7, 11) is 2.37. The molecular weight excluding hydrogens is 316 g/mol. The van der Waals surface area contributed by atoms with Crippen molar-refractivity contribution in [3.05, 3.63) is 0 Å². The largest absolute Gasteiger partial charge is 0.306 e. The number of piperidine rings is 1. The lowest BCUT2D eigenvalue weighted by molar-refractivity contribution is 0.117. The molecule has 0 spiro atoms. The third-order valence-electron chi connectivity index (χ3n) is 6.97. The molecule has 0 bridgehead atoms. The molecule has 1 aliphatic heterocycles. The minimum absolute atomic E-state index is 0.444. The van der Waals surface area contributed by atoms with E-state index in [0.29, 0.717) is 10.8 Å². The highest BCUT2D eigenvalue weighted by molar-refractivity contribution is 4.82. The molecule has 0 amide bonds. The molecule has 2 nitrogen and oxygen atoms in total. The molecule has 154 valence electrons. The molecule has 0 atom stereocenters. The highest BCUT2D eigenvalue weighted by Crippen LogP contribution is 2.39. The Kier molecular flexibility index (Phi) is 8.04. The van der Waals surface area contributed by atoms with Crippen molar-refractivity contribution in [1.29, 1.82) is 0 Å². The number of rotatable bonds is 6. The molecule has 0 aromatic heterocycles. The third kappa shape index (κ3) is 7.89. The van der Waals surface area contributed by atoms with Gasteiger partial charge in [0, 0.05) is 13.1 Å². The summed E-state index contributed by atoms with van der Waals surface area (Å²) in [6.45, 7) is 20.9. The molecule has 2 heteroatoms. The van der Waals surface area contributed by atoms with Gasteiger partial charge >= 0.3 is 0 Å². The van der Waals surface area contributed by atoms with Crippen LogP contribution in [0.5, 0.6) is 0 Å². The standard InChI is InChI=1S/C24H48N2/c1-23(2,3)19-26-16-13-20(14-17-26)12-15-25(7)18-21-8-10-22(11-9-21)24(4,5)6/h20-22H,8-19H2,1-7H3. The molecule has 2 aliphatic rings. The molecular formula is C24H48N2. The minimum atomic E-state index is 0.444. The van der Waals surface area contributed by atoms with Crippen LogP contribution < -0.4 is 0 Å². The smallest absolute Gasteiger partial charge is 0.00300 e. The maximum absolute atomic E-state index is 2.69. The van der Waals surface area contributed by atoms with Crippen LogP contribution >= 0.6 is 0 Å². The van der Waals surface area contributed by atoms with Crippen LogP contribution in [-0.4, -0.2) is 49.6 Å². The van der Waals surface area contributed by atoms with Crippen LogP contribution in [0.4, 0.5) is 0 Å². The van der Waals surface area contributed by atoms with Crippen molar-refractivity contribution in [2.24, 2.45) is 28.6 Å². The van der Waals surface area contributed by atoms with Crippen molar-refractivity contribution >= 4 is 0 Å². The second kappa shape index (κ2) is 9.41. The van der Waals surface area contributed by atoms with Crippen LogP contribution in [-0.2, 0) is 0 Å². The molecule has 1 heterocycles. The first kappa shape index (κ1) is 22.2. The van der Waals surface area contributed by atoms with Crippen LogP contribution in [0.3, 0.4) is 0 Å². The fourth-order valence-electron chi connectivity index (χ4n) is 5.25. The van der Waals surface area contributed by atoms with Crippen LogP contribution in [0.25, 0.3) is 0 Å². The minimum Gasteiger partial charge on any atom is -0.306 e. The SMILES string of the molecule is CN(CCC1CCN(CC(C)(C)C)CC1)CC1CCC(C(C)(C)C)CC1. The third-order valence-corrected chi connectivity index (χ3v) is 6.97. The molecule has 1 saturated carbocycles. The lowest BCUT2D eigenvalue weighted by Gasteiger charge is -2.38. The Bertz CT molecular complexity index is 387. The monoisotopic (exact) mass is 364 g/mol. The van der Waals surface area contributed by atoms with Crippen molar-refractivity contribution in [2.75, 3.05) is 39.8 Å². The number of hydrogen-bond acceptors (Lipinski definition) is 2. The summed E-state index contributed by atoms with van der Waals surface area (Å²) in [6, 6.07) is 0. The van der Waals surface area contributed by atoms with E-state index in [9.17, 15) is 0 Å². The maximum atomic E-state index is 2.69. The summed E-state index contributed by atoms with van der Waals surface area (Å²) >= 11 is 0. The fraction of sp³-hybridized carbons (Fsp3) is 1.00. The normalized spacial score (nSPS) is 27.2. The zero-order valence-corrected chi connectivity index (χ0v) is 19.1. The van der Waals surface area contributed by atoms with Crippen molar-refractivity contribution in [1.82, 2.24) is 9.80 Å². The topological polar surface area (TPSA) is 6.48 Å². The predicted molar refractivity (Wildman–Crippen MR) is 116 cm³/mol. The Morgan fingerprint density at radius 1 is 0.808 bits per heavy atom. The van der Waals surface area contributed by atoms with Crippen LogP contribution in [0.1, 0.15) is 86.5 Å². The van der Waals surface area contributed by atoms with E-state index < -0.39 is 0 Å². The fourth-order valence-corrected chi connectivity index (χ4v) is 5.25. The maximum Gasteiger partial charge on any atom is 0.00300 e. The van der Waals surface area contributed by atoms with Crippen LogP contribution in [0.2, 0.25) is 0 Å². The summed E-state index contributed by atoms with van der Waals surface area (Å²) in [5.41, 5.74) is 0.956. The van der Waals surface area contributed by atoms with E-state index in [-0.39, 0.29) is 0 Å². The van der Waals surface area contributed by atoms with E-state index in [0.717, 1.165) is 17.8 Å². The molecule has 2 rings (SSSR count). The van der Waals surface area contributed by atoms with Gasteiger partial charge in [0.2, 0.25) is 0 Å². The first-order valence-electron chi connectivity index (χ1n) is 11.4. The lowest BCUT2D eigenvalue weighted by atomic mass is 9.70. The van der Waals surface area contributed by atoms with Crippen molar-refractivity contribution in [3.8, 4) is 0 Å². The van der Waals surface area contributed by atoms with Gasteiger partial charge in [-0.2, -0.15) is 0 Å². The number of likely N-dealkylation sites (tertiary alicyclic amines) is 1. The van der Waals surface area contributed by atoms with Gasteiger partial charge in [-0.1, -0.05) is 41.5 Å². The van der Waals surface area contributed by atoms with Crippen LogP contribution in [0.15, 0.2) is 0 Å². The Hall–Kier alpha value is -0.0800. The number of hydrogen-bond donors (Lipinski definition) is 0. The molecule has 0 radical (unpaired) electrons. The molecule has 0 aromatic rings. The summed E-state index contributed by atoms with van der Waals surface area (Å²) in [5, 5.41) is 0. The summed E-state index contributed by atoms with van der Waals surface area (Å²) in [4.78, 5) is 5.33. The number of nitrogens with zero attached hydrogens (tertiary/aromatic N) is 2. The van der Waals surface area contributed by atoms with Gasteiger partial charge in [-0.05, 0) is 100 Å². The van der Waals surface area contributed by atoms with Crippen molar-refractivity contribution < 1.29 is 0 Å². The van der Waals surface area contributed by atoms with Crippen molar-refractivity contribution in [2.45, 2.75) is 86.5 Å². The van der Waals surface area contributed by atoms with Gasteiger partial charge in [0.05, 0.1) is 0 Å². The highest BCUT2D eigenvalue weighted by Gasteiger charge is 2.30. The zero-order valence-electron chi connectivity index (χ0n) is 19.1. The second-order valence-electron chi connectivity index (χ2n) is 11.9. The van der Waals surface area contributed by atoms with Gasteiger partial charge in [-0.15, -0.1) is 0 Å². The molecule has 0 aromatic carbocycles. The van der Waals surface area contributed by atoms with E-state index in [4.69, 9.17) is 0 Å². The molecule has 1 saturated heterocycles. The molecule has 26 heavy (non-hydrogen) atoms. The summed E-state index contributed by atoms with van der Waals surface area (Å²) < 4.78 is 0. The molecule has 0 unspecified atom stereocenters. The van der Waals surface area contributed by atoms with Crippen LogP contribution in [0, 0.1) is 28.6 Å². The Morgan fingerprint density at radius 3 is 1.88 bits per heavy atom. The zero-order chi connectivity index (χ0) is 19.4. The quantitative estimate of drug-likeness (QED) is 0.577. The molecule has 0 N–H and O–H groups in total. The molecule has 1 aliphatic carbocycles. The lowest BCUT2D eigenvalue weighted by Crippen LogP contribution is -2.39. The Morgan fingerprint density at radius 2 is 1.38 bits per heavy atom. The second-order valence-corrected chi connectivity index (χ2v) is 11.9. The first-order valence-corrected chi connectivity index (χ1v) is 11.4. The average molecular weight is 365 g/mol. The Labute approximate surface area is 165 Å². The van der Waals surface area contributed by atoms with Gasteiger partial charge < -0.3 is 9.80 Å². The van der Waals surface area contributed by atoms with Gasteiger partial charge in [0.1, 0.15) is 0 Å². The predicted octanol–water partition coefficient (Wildman–Crippen LogP) is 5.92. The van der Waals surface area contributed by atoms with E-state index in [2.05, 4.69) is 58.4 Å². The average Bonchev–Trinajstić information content (AvgIpc) is 2.52. The van der Waals surface area contributed by atoms with E-state index >= 15 is 0 Å². The van der Waals surface area contributed by atoms with E-state index in [1.807, 2.05) is 0 Å². The van der Waals surface area contributed by atoms with Gasteiger partial charge in [0.15, 0.2) is 0 Å². The summed E-state index contributed by atoms with van der Waals surface area (Å²) in [6.07, 6.45) is 10.1. The summed E-state index contributed by atoms with van der Waals surface area (Å²) in [5.74, 6) is 2.86. The highest BCUT2D eigenvalue weighted by atomic mass is 15.1. The van der Waals surface area contributed by atoms with Gasteiger partial charge in [-0.25, -0.2) is 0 Å². The van der Waals surface area contributed by atoms with Gasteiger partial charge in [-0.3, -0.25) is 0 Å². The van der Waals surface area contributed by atoms with Crippen molar-refractivity contribution in [3.63, 3.8) is 0 Å². The molecule has 2 fully saturated rings.